The molecule has 0 fully saturated rings. The van der Waals surface area contributed by atoms with E-state index in [2.05, 4.69) is 30.5 Å². The van der Waals surface area contributed by atoms with Gasteiger partial charge in [0.05, 0.1) is 33.8 Å². The summed E-state index contributed by atoms with van der Waals surface area (Å²) in [6.07, 6.45) is 4.50. The number of aromatic amines is 2. The van der Waals surface area contributed by atoms with Gasteiger partial charge in [0.25, 0.3) is 0 Å². The van der Waals surface area contributed by atoms with E-state index in [0.717, 1.165) is 12.1 Å². The number of likely N-dealkylation sites (N-methyl/N-ethyl adjacent to an activating group) is 1. The van der Waals surface area contributed by atoms with E-state index in [1.165, 1.54) is 30.7 Å². The summed E-state index contributed by atoms with van der Waals surface area (Å²) in [4.78, 5) is 18.4. The van der Waals surface area contributed by atoms with Gasteiger partial charge >= 0.3 is 0 Å². The molecular weight excluding hydrogens is 500 g/mol. The molecule has 0 bridgehead atoms. The SMILES string of the molecule is CN(C)CCNc1cc(F)cc(-c2cccc3[nH]c(-c4n[nH]c5cnc(-c6cncc(N)c6)c(F)c45)nc23)c1. The number of imidazole rings is 1. The summed E-state index contributed by atoms with van der Waals surface area (Å²) in [7, 11) is 3.96. The predicted octanol–water partition coefficient (Wildman–Crippen LogP) is 5.06. The molecule has 0 saturated carbocycles. The van der Waals surface area contributed by atoms with Crippen molar-refractivity contribution in [2.24, 2.45) is 0 Å². The molecule has 0 aliphatic heterocycles. The Morgan fingerprint density at radius 3 is 2.67 bits per heavy atom. The molecule has 0 aliphatic carbocycles. The quantitative estimate of drug-likeness (QED) is 0.230. The second-order valence-electron chi connectivity index (χ2n) is 9.53. The van der Waals surface area contributed by atoms with E-state index in [-0.39, 0.29) is 16.9 Å². The van der Waals surface area contributed by atoms with E-state index < -0.39 is 5.82 Å². The number of benzene rings is 2. The molecule has 0 aliphatic rings. The molecule has 0 spiro atoms. The number of nitrogens with two attached hydrogens (primary N) is 1. The zero-order valence-corrected chi connectivity index (χ0v) is 21.3. The van der Waals surface area contributed by atoms with E-state index in [9.17, 15) is 4.39 Å². The minimum atomic E-state index is -0.567. The van der Waals surface area contributed by atoms with Crippen LogP contribution in [0.4, 0.5) is 20.2 Å². The standard InChI is InChI=1S/C28H25F2N9/c1-39(2)7-6-33-19-10-15(8-17(29)11-19)20-4-3-5-21-26(20)36-28(35-21)27-23-22(37-38-27)14-34-25(24(23)30)16-9-18(31)13-32-12-16/h3-5,8-14,33H,6-7,31H2,1-2H3,(H,35,36)(H,37,38). The predicted molar refractivity (Wildman–Crippen MR) is 149 cm³/mol. The van der Waals surface area contributed by atoms with Crippen LogP contribution in [-0.2, 0) is 0 Å². The average molecular weight is 526 g/mol. The van der Waals surface area contributed by atoms with Crippen molar-refractivity contribution in [3.05, 3.63) is 72.7 Å². The first-order chi connectivity index (χ1) is 18.9. The van der Waals surface area contributed by atoms with Gasteiger partial charge < -0.3 is 20.9 Å². The number of nitrogens with zero attached hydrogens (tertiary/aromatic N) is 5. The highest BCUT2D eigenvalue weighted by molar-refractivity contribution is 5.98. The number of para-hydroxylation sites is 1. The van der Waals surface area contributed by atoms with Crippen molar-refractivity contribution < 1.29 is 8.78 Å². The van der Waals surface area contributed by atoms with Gasteiger partial charge in [-0.2, -0.15) is 5.10 Å². The number of aromatic nitrogens is 6. The zero-order valence-electron chi connectivity index (χ0n) is 21.3. The fourth-order valence-electron chi connectivity index (χ4n) is 4.58. The largest absolute Gasteiger partial charge is 0.397 e. The van der Waals surface area contributed by atoms with Crippen molar-refractivity contribution in [1.82, 2.24) is 35.0 Å². The van der Waals surface area contributed by atoms with Crippen LogP contribution in [0.2, 0.25) is 0 Å². The van der Waals surface area contributed by atoms with Gasteiger partial charge in [0, 0.05) is 42.3 Å². The molecule has 0 amide bonds. The summed E-state index contributed by atoms with van der Waals surface area (Å²) >= 11 is 0. The van der Waals surface area contributed by atoms with Crippen LogP contribution in [0.15, 0.2) is 61.1 Å². The summed E-state index contributed by atoms with van der Waals surface area (Å²) in [6.45, 7) is 1.48. The third kappa shape index (κ3) is 4.64. The van der Waals surface area contributed by atoms with Gasteiger partial charge in [0.1, 0.15) is 17.2 Å². The number of fused-ring (bicyclic) bond motifs is 2. The van der Waals surface area contributed by atoms with Gasteiger partial charge in [-0.25, -0.2) is 13.8 Å². The number of nitrogens with one attached hydrogen (secondary N) is 3. The molecule has 0 radical (unpaired) electrons. The monoisotopic (exact) mass is 525 g/mol. The first-order valence-electron chi connectivity index (χ1n) is 12.3. The van der Waals surface area contributed by atoms with Crippen molar-refractivity contribution >= 4 is 33.3 Å². The van der Waals surface area contributed by atoms with Crippen LogP contribution in [0.3, 0.4) is 0 Å². The van der Waals surface area contributed by atoms with E-state index >= 15 is 4.39 Å². The summed E-state index contributed by atoms with van der Waals surface area (Å²) in [5.74, 6) is -0.557. The summed E-state index contributed by atoms with van der Waals surface area (Å²) < 4.78 is 30.4. The number of anilines is 2. The Morgan fingerprint density at radius 1 is 0.974 bits per heavy atom. The normalized spacial score (nSPS) is 11.6. The van der Waals surface area contributed by atoms with E-state index in [4.69, 9.17) is 10.7 Å². The van der Waals surface area contributed by atoms with Gasteiger partial charge in [0.15, 0.2) is 11.6 Å². The van der Waals surface area contributed by atoms with Crippen molar-refractivity contribution in [1.29, 1.82) is 0 Å². The van der Waals surface area contributed by atoms with Gasteiger partial charge in [-0.1, -0.05) is 12.1 Å². The number of rotatable bonds is 7. The summed E-state index contributed by atoms with van der Waals surface area (Å²) in [5, 5.41) is 10.7. The first kappa shape index (κ1) is 24.4. The molecule has 6 rings (SSSR count). The minimum absolute atomic E-state index is 0.107. The van der Waals surface area contributed by atoms with Crippen LogP contribution >= 0.6 is 0 Å². The molecule has 0 saturated heterocycles. The Morgan fingerprint density at radius 2 is 1.85 bits per heavy atom. The second kappa shape index (κ2) is 9.76. The van der Waals surface area contributed by atoms with Crippen LogP contribution in [0.5, 0.6) is 0 Å². The third-order valence-electron chi connectivity index (χ3n) is 6.41. The van der Waals surface area contributed by atoms with Crippen LogP contribution in [0.25, 0.3) is 55.8 Å². The Labute approximate surface area is 222 Å². The number of hydrogen-bond donors (Lipinski definition) is 4. The fourth-order valence-corrected chi connectivity index (χ4v) is 4.58. The number of halogens is 2. The smallest absolute Gasteiger partial charge is 0.161 e. The Balaban J connectivity index is 1.43. The lowest BCUT2D eigenvalue weighted by Crippen LogP contribution is -2.20. The molecule has 196 valence electrons. The highest BCUT2D eigenvalue weighted by Gasteiger charge is 2.21. The highest BCUT2D eigenvalue weighted by atomic mass is 19.1. The molecule has 0 atom stereocenters. The fraction of sp³-hybridized carbons (Fsp3) is 0.143. The van der Waals surface area contributed by atoms with Crippen molar-refractivity contribution in [3.63, 3.8) is 0 Å². The van der Waals surface area contributed by atoms with E-state index in [1.54, 1.807) is 6.07 Å². The lowest BCUT2D eigenvalue weighted by molar-refractivity contribution is 0.425. The third-order valence-corrected chi connectivity index (χ3v) is 6.41. The van der Waals surface area contributed by atoms with Gasteiger partial charge in [-0.05, 0) is 50.0 Å². The molecule has 5 N–H and O–H groups in total. The molecule has 39 heavy (non-hydrogen) atoms. The van der Waals surface area contributed by atoms with Crippen molar-refractivity contribution in [2.75, 3.05) is 38.2 Å². The number of pyridine rings is 2. The van der Waals surface area contributed by atoms with Crippen LogP contribution in [-0.4, -0.2) is 62.2 Å². The molecule has 6 aromatic rings. The van der Waals surface area contributed by atoms with Crippen molar-refractivity contribution in [2.45, 2.75) is 0 Å². The second-order valence-corrected chi connectivity index (χ2v) is 9.53. The Bertz CT molecular complexity index is 1820. The summed E-state index contributed by atoms with van der Waals surface area (Å²) in [5.41, 5.74) is 10.9. The highest BCUT2D eigenvalue weighted by Crippen LogP contribution is 2.35. The molecule has 9 nitrogen and oxygen atoms in total. The number of hydrogen-bond acceptors (Lipinski definition) is 7. The van der Waals surface area contributed by atoms with Gasteiger partial charge in [-0.3, -0.25) is 15.1 Å². The van der Waals surface area contributed by atoms with E-state index in [1.807, 2.05) is 43.3 Å². The topological polar surface area (TPSA) is 124 Å². The minimum Gasteiger partial charge on any atom is -0.397 e. The molecule has 0 unspecified atom stereocenters. The lowest BCUT2D eigenvalue weighted by Gasteiger charge is -2.13. The van der Waals surface area contributed by atoms with Crippen LogP contribution < -0.4 is 11.1 Å². The lowest BCUT2D eigenvalue weighted by atomic mass is 10.0. The molecule has 4 aromatic heterocycles. The van der Waals surface area contributed by atoms with Crippen LogP contribution in [0.1, 0.15) is 0 Å². The van der Waals surface area contributed by atoms with E-state index in [0.29, 0.717) is 57.1 Å². The molecule has 11 heteroatoms. The maximum Gasteiger partial charge on any atom is 0.161 e. The summed E-state index contributed by atoms with van der Waals surface area (Å²) in [6, 6.07) is 12.0. The van der Waals surface area contributed by atoms with Gasteiger partial charge in [-0.15, -0.1) is 0 Å². The van der Waals surface area contributed by atoms with Crippen molar-refractivity contribution in [3.8, 4) is 33.9 Å². The Hall–Kier alpha value is -4.90. The zero-order chi connectivity index (χ0) is 27.1. The number of nitrogen functional groups attached to an aromatic ring is 1. The maximum atomic E-state index is 15.8. The average Bonchev–Trinajstić information content (AvgIpc) is 3.53. The molecule has 4 heterocycles. The first-order valence-corrected chi connectivity index (χ1v) is 12.3. The molecular formula is C28H25F2N9. The number of H-pyrrole nitrogens is 2. The van der Waals surface area contributed by atoms with Crippen LogP contribution in [0, 0.1) is 11.6 Å². The van der Waals surface area contributed by atoms with Gasteiger partial charge in [0.2, 0.25) is 0 Å². The maximum absolute atomic E-state index is 15.8. The Kier molecular flexibility index (Phi) is 6.12. The molecule has 2 aromatic carbocycles.